The molecule has 1 atom stereocenters. The van der Waals surface area contributed by atoms with E-state index in [4.69, 9.17) is 10.5 Å². The lowest BCUT2D eigenvalue weighted by Crippen LogP contribution is -2.81. The van der Waals surface area contributed by atoms with E-state index in [2.05, 4.69) is 16.4 Å². The van der Waals surface area contributed by atoms with E-state index in [0.717, 1.165) is 11.1 Å². The van der Waals surface area contributed by atoms with Gasteiger partial charge in [-0.2, -0.15) is 9.93 Å². The Morgan fingerprint density at radius 3 is 2.47 bits per heavy atom. The fourth-order valence-electron chi connectivity index (χ4n) is 3.39. The highest BCUT2D eigenvalue weighted by atomic mass is 19.1. The number of carbonyl (C=O) groups excluding carboxylic acids is 1. The Bertz CT molecular complexity index is 1150. The Morgan fingerprint density at radius 1 is 1.12 bits per heavy atom. The summed E-state index contributed by atoms with van der Waals surface area (Å²) in [5, 5.41) is 20.6. The van der Waals surface area contributed by atoms with Crippen molar-refractivity contribution in [2.75, 3.05) is 0 Å². The summed E-state index contributed by atoms with van der Waals surface area (Å²) in [4.78, 5) is 11.4. The van der Waals surface area contributed by atoms with E-state index in [-0.39, 0.29) is 17.9 Å². The van der Waals surface area contributed by atoms with Crippen molar-refractivity contribution >= 4 is 5.78 Å². The van der Waals surface area contributed by atoms with Crippen molar-refractivity contribution in [2.45, 2.75) is 25.4 Å². The van der Waals surface area contributed by atoms with Crippen molar-refractivity contribution in [2.24, 2.45) is 5.73 Å². The number of ether oxygens (including phenoxy) is 1. The maximum atomic E-state index is 14.2. The molecule has 1 aliphatic rings. The molecule has 32 heavy (non-hydrogen) atoms. The van der Waals surface area contributed by atoms with Crippen LogP contribution >= 0.6 is 0 Å². The number of ketones is 1. The van der Waals surface area contributed by atoms with E-state index in [9.17, 15) is 19.4 Å². The summed E-state index contributed by atoms with van der Waals surface area (Å²) in [6.07, 6.45) is -0.866. The van der Waals surface area contributed by atoms with Gasteiger partial charge in [-0.05, 0) is 41.8 Å². The fraction of sp³-hybridized carbons (Fsp3) is 0.174. The number of nitrogens with two attached hydrogens (primary N) is 1. The maximum Gasteiger partial charge on any atom is 0.207 e. The molecule has 0 bridgehead atoms. The second-order valence-electron chi connectivity index (χ2n) is 7.57. The number of halogens is 1. The zero-order valence-electron chi connectivity index (χ0n) is 17.2. The summed E-state index contributed by atoms with van der Waals surface area (Å²) in [5.41, 5.74) is 17.3. The minimum absolute atomic E-state index is 0.0433. The third kappa shape index (κ3) is 4.20. The number of hydrogen-bond donors (Lipinski definition) is 6. The highest BCUT2D eigenvalue weighted by Gasteiger charge is 2.34. The molecule has 3 aromatic carbocycles. The van der Waals surface area contributed by atoms with Crippen LogP contribution in [0.25, 0.3) is 0 Å². The number of hydrogen-bond acceptors (Lipinski definition) is 8. The molecule has 0 amide bonds. The molecule has 1 aliphatic heterocycles. The van der Waals surface area contributed by atoms with Gasteiger partial charge in [0.25, 0.3) is 0 Å². The van der Waals surface area contributed by atoms with Gasteiger partial charge in [-0.3, -0.25) is 10.5 Å². The Labute approximate surface area is 183 Å². The minimum atomic E-state index is -0.979. The van der Waals surface area contributed by atoms with E-state index < -0.39 is 29.2 Å². The summed E-state index contributed by atoms with van der Waals surface area (Å²) in [7, 11) is 0. The van der Waals surface area contributed by atoms with Crippen LogP contribution in [0.1, 0.15) is 45.6 Å². The number of phenols is 1. The van der Waals surface area contributed by atoms with Gasteiger partial charge in [0.1, 0.15) is 12.7 Å². The normalized spacial score (nSPS) is 15.6. The highest BCUT2D eigenvalue weighted by Crippen LogP contribution is 2.31. The van der Waals surface area contributed by atoms with Gasteiger partial charge in [0.2, 0.25) is 5.82 Å². The van der Waals surface area contributed by atoms with E-state index >= 15 is 0 Å². The van der Waals surface area contributed by atoms with E-state index in [0.29, 0.717) is 11.1 Å². The average molecular weight is 438 g/mol. The molecule has 1 fully saturated rings. The summed E-state index contributed by atoms with van der Waals surface area (Å²) < 4.78 is 19.7. The van der Waals surface area contributed by atoms with Crippen molar-refractivity contribution < 1.29 is 24.1 Å². The Balaban J connectivity index is 1.44. The SMILES string of the molecule is CC(=O)c1ccc(OCc2ccc(C(O)c3cccc(C4(N)NNN4)c3)cc2)c(F)c1O. The number of Topliss-reactive ketones (excluding diaryl/α,β-unsaturated/α-hetero) is 1. The van der Waals surface area contributed by atoms with Gasteiger partial charge in [-0.1, -0.05) is 42.5 Å². The fourth-order valence-corrected chi connectivity index (χ4v) is 3.39. The number of aromatic hydroxyl groups is 1. The molecule has 1 heterocycles. The summed E-state index contributed by atoms with van der Waals surface area (Å²) >= 11 is 0. The molecule has 3 aromatic rings. The molecule has 4 rings (SSSR count). The van der Waals surface area contributed by atoms with Gasteiger partial charge in [0.15, 0.2) is 23.1 Å². The van der Waals surface area contributed by atoms with Crippen molar-refractivity contribution in [1.29, 1.82) is 0 Å². The van der Waals surface area contributed by atoms with Crippen molar-refractivity contribution in [3.05, 3.63) is 94.3 Å². The van der Waals surface area contributed by atoms with E-state index in [1.165, 1.54) is 19.1 Å². The van der Waals surface area contributed by atoms with Gasteiger partial charge in [-0.15, -0.1) is 0 Å². The molecule has 9 heteroatoms. The second-order valence-corrected chi connectivity index (χ2v) is 7.57. The maximum absolute atomic E-state index is 14.2. The number of phenolic OH excluding ortho intramolecular Hbond substituents is 1. The molecule has 0 radical (unpaired) electrons. The molecular weight excluding hydrogens is 415 g/mol. The topological polar surface area (TPSA) is 129 Å². The third-order valence-corrected chi connectivity index (χ3v) is 5.33. The predicted octanol–water partition coefficient (Wildman–Crippen LogP) is 2.08. The molecule has 7 N–H and O–H groups in total. The highest BCUT2D eigenvalue weighted by molar-refractivity contribution is 5.96. The van der Waals surface area contributed by atoms with E-state index in [1.54, 1.807) is 30.3 Å². The standard InChI is InChI=1S/C23H23FN4O4/c1-13(29)18-9-10-19(20(24)22(18)31)32-12-14-5-7-15(8-6-14)21(30)16-3-2-4-17(11-16)23(25)26-28-27-23/h2-11,21,26-28,30-31H,12,25H2,1H3. The molecule has 8 nitrogen and oxygen atoms in total. The smallest absolute Gasteiger partial charge is 0.207 e. The summed E-state index contributed by atoms with van der Waals surface area (Å²) in [5.74, 6) is -3.20. The molecule has 0 saturated carbocycles. The zero-order valence-corrected chi connectivity index (χ0v) is 17.2. The van der Waals surface area contributed by atoms with Gasteiger partial charge in [0, 0.05) is 5.56 Å². The lowest BCUT2D eigenvalue weighted by Gasteiger charge is -2.41. The zero-order chi connectivity index (χ0) is 22.9. The molecule has 0 aliphatic carbocycles. The van der Waals surface area contributed by atoms with Crippen LogP contribution in [0.3, 0.4) is 0 Å². The largest absolute Gasteiger partial charge is 0.504 e. The Morgan fingerprint density at radius 2 is 1.84 bits per heavy atom. The number of hydrazine groups is 2. The number of rotatable bonds is 7. The molecule has 166 valence electrons. The third-order valence-electron chi connectivity index (χ3n) is 5.33. The molecule has 0 spiro atoms. The van der Waals surface area contributed by atoms with Crippen LogP contribution in [0.2, 0.25) is 0 Å². The van der Waals surface area contributed by atoms with Crippen molar-refractivity contribution in [1.82, 2.24) is 16.4 Å². The first-order valence-electron chi connectivity index (χ1n) is 9.89. The van der Waals surface area contributed by atoms with E-state index in [1.807, 2.05) is 18.2 Å². The first-order chi connectivity index (χ1) is 15.3. The van der Waals surface area contributed by atoms with Gasteiger partial charge < -0.3 is 14.9 Å². The first-order valence-corrected chi connectivity index (χ1v) is 9.89. The number of aliphatic hydroxyl groups is 1. The monoisotopic (exact) mass is 438 g/mol. The van der Waals surface area contributed by atoms with Crippen molar-refractivity contribution in [3.63, 3.8) is 0 Å². The van der Waals surface area contributed by atoms with Crippen LogP contribution in [0.5, 0.6) is 11.5 Å². The molecule has 1 unspecified atom stereocenters. The van der Waals surface area contributed by atoms with Crippen LogP contribution in [-0.2, 0) is 12.4 Å². The lowest BCUT2D eigenvalue weighted by atomic mass is 9.97. The minimum Gasteiger partial charge on any atom is -0.504 e. The van der Waals surface area contributed by atoms with Gasteiger partial charge in [0.05, 0.1) is 5.56 Å². The quantitative estimate of drug-likeness (QED) is 0.310. The average Bonchev–Trinajstić information content (AvgIpc) is 2.78. The number of benzene rings is 3. The number of carbonyl (C=O) groups is 1. The van der Waals surface area contributed by atoms with Crippen LogP contribution < -0.4 is 26.9 Å². The molecular formula is C23H23FN4O4. The number of aliphatic hydroxyl groups excluding tert-OH is 1. The Hall–Kier alpha value is -3.34. The summed E-state index contributed by atoms with van der Waals surface area (Å²) in [6.45, 7) is 1.29. The number of nitrogens with one attached hydrogen (secondary N) is 3. The van der Waals surface area contributed by atoms with Gasteiger partial charge >= 0.3 is 0 Å². The lowest BCUT2D eigenvalue weighted by molar-refractivity contribution is 0.0655. The van der Waals surface area contributed by atoms with Crippen LogP contribution in [0.4, 0.5) is 4.39 Å². The van der Waals surface area contributed by atoms with Crippen molar-refractivity contribution in [3.8, 4) is 11.5 Å². The molecule has 0 aromatic heterocycles. The molecule has 1 saturated heterocycles. The van der Waals surface area contributed by atoms with Crippen LogP contribution in [0.15, 0.2) is 60.7 Å². The summed E-state index contributed by atoms with van der Waals surface area (Å²) in [6, 6.07) is 16.9. The second kappa shape index (κ2) is 8.65. The first kappa shape index (κ1) is 21.9. The van der Waals surface area contributed by atoms with Crippen LogP contribution in [-0.4, -0.2) is 16.0 Å². The Kier molecular flexibility index (Phi) is 5.92. The van der Waals surface area contributed by atoms with Crippen LogP contribution in [0, 0.1) is 5.82 Å². The van der Waals surface area contributed by atoms with Gasteiger partial charge in [-0.25, -0.2) is 10.9 Å². The predicted molar refractivity (Wildman–Crippen MR) is 115 cm³/mol.